The maximum atomic E-state index is 6.24. The first-order valence-corrected chi connectivity index (χ1v) is 7.19. The number of anilines is 1. The van der Waals surface area contributed by atoms with E-state index in [1.54, 1.807) is 0 Å². The van der Waals surface area contributed by atoms with E-state index in [9.17, 15) is 0 Å². The smallest absolute Gasteiger partial charge is 0.255 e. The second kappa shape index (κ2) is 4.96. The average Bonchev–Trinajstić information content (AvgIpc) is 2.73. The molecule has 0 N–H and O–H groups in total. The van der Waals surface area contributed by atoms with Crippen molar-refractivity contribution in [1.29, 1.82) is 0 Å². The largest absolute Gasteiger partial charge is 0.353 e. The number of halogens is 1. The Hall–Kier alpha value is -1.36. The lowest BCUT2D eigenvalue weighted by molar-refractivity contribution is 0.603. The van der Waals surface area contributed by atoms with Gasteiger partial charge in [-0.3, -0.25) is 0 Å². The molecule has 2 aromatic rings. The maximum Gasteiger partial charge on any atom is 0.255 e. The molecule has 0 amide bonds. The quantitative estimate of drug-likeness (QED) is 0.753. The minimum absolute atomic E-state index is 0.493. The van der Waals surface area contributed by atoms with Crippen molar-refractivity contribution in [2.75, 3.05) is 11.4 Å². The highest BCUT2D eigenvalue weighted by Crippen LogP contribution is 2.30. The number of hydrogen-bond acceptors (Lipinski definition) is 4. The van der Waals surface area contributed by atoms with Crippen LogP contribution in [0.1, 0.15) is 38.2 Å². The Morgan fingerprint density at radius 3 is 3.00 bits per heavy atom. The molecule has 1 saturated heterocycles. The van der Waals surface area contributed by atoms with E-state index in [2.05, 4.69) is 26.9 Å². The molecule has 0 saturated carbocycles. The molecule has 3 rings (SSSR count). The van der Waals surface area contributed by atoms with Crippen molar-refractivity contribution in [3.05, 3.63) is 17.0 Å². The summed E-state index contributed by atoms with van der Waals surface area (Å²) in [5.74, 6) is 1.61. The van der Waals surface area contributed by atoms with Gasteiger partial charge < -0.3 is 4.90 Å². The van der Waals surface area contributed by atoms with E-state index in [1.807, 2.05) is 11.4 Å². The second-order valence-electron chi connectivity index (χ2n) is 5.21. The highest BCUT2D eigenvalue weighted by atomic mass is 35.5. The van der Waals surface area contributed by atoms with Gasteiger partial charge in [0.1, 0.15) is 17.3 Å². The minimum Gasteiger partial charge on any atom is -0.353 e. The highest BCUT2D eigenvalue weighted by molar-refractivity contribution is 6.30. The minimum atomic E-state index is 0.493. The van der Waals surface area contributed by atoms with E-state index in [4.69, 9.17) is 11.6 Å². The molecule has 1 unspecified atom stereocenters. The number of fused-ring (bicyclic) bond motifs is 1. The topological polar surface area (TPSA) is 46.3 Å². The summed E-state index contributed by atoms with van der Waals surface area (Å²) in [6.45, 7) is 5.31. The number of aromatic nitrogens is 4. The van der Waals surface area contributed by atoms with Crippen molar-refractivity contribution in [1.82, 2.24) is 19.6 Å². The fourth-order valence-electron chi connectivity index (χ4n) is 2.81. The standard InChI is InChI=1S/C13H18ClN5/c1-9-6-4-3-5-7-18(9)12-10(2)11(14)17-13-15-8-16-19(12)13/h8-9H,3-7H2,1-2H3. The maximum absolute atomic E-state index is 6.24. The van der Waals surface area contributed by atoms with Gasteiger partial charge in [0.15, 0.2) is 0 Å². The van der Waals surface area contributed by atoms with Gasteiger partial charge in [-0.2, -0.15) is 19.6 Å². The molecule has 0 aromatic carbocycles. The van der Waals surface area contributed by atoms with Gasteiger partial charge in [0, 0.05) is 18.2 Å². The molecular weight excluding hydrogens is 262 g/mol. The summed E-state index contributed by atoms with van der Waals surface area (Å²) in [6.07, 6.45) is 6.52. The third-order valence-electron chi connectivity index (χ3n) is 3.90. The summed E-state index contributed by atoms with van der Waals surface area (Å²) in [4.78, 5) is 10.8. The first-order valence-electron chi connectivity index (χ1n) is 6.81. The predicted octanol–water partition coefficient (Wildman–Crippen LogP) is 2.86. The Labute approximate surface area is 117 Å². The van der Waals surface area contributed by atoms with Crippen molar-refractivity contribution >= 4 is 23.2 Å². The van der Waals surface area contributed by atoms with Gasteiger partial charge in [-0.1, -0.05) is 24.4 Å². The summed E-state index contributed by atoms with van der Waals surface area (Å²) in [6, 6.07) is 0.493. The molecule has 1 atom stereocenters. The van der Waals surface area contributed by atoms with Crippen LogP contribution >= 0.6 is 11.6 Å². The van der Waals surface area contributed by atoms with Gasteiger partial charge in [-0.15, -0.1) is 0 Å². The van der Waals surface area contributed by atoms with Crippen molar-refractivity contribution in [2.45, 2.75) is 45.6 Å². The Morgan fingerprint density at radius 2 is 2.16 bits per heavy atom. The number of rotatable bonds is 1. The van der Waals surface area contributed by atoms with E-state index in [0.717, 1.165) is 17.9 Å². The van der Waals surface area contributed by atoms with Crippen LogP contribution in [0.2, 0.25) is 5.15 Å². The Kier molecular flexibility index (Phi) is 3.31. The molecule has 0 spiro atoms. The van der Waals surface area contributed by atoms with Crippen LogP contribution in [0.5, 0.6) is 0 Å². The lowest BCUT2D eigenvalue weighted by Gasteiger charge is -2.30. The van der Waals surface area contributed by atoms with Crippen LogP contribution in [0.4, 0.5) is 5.82 Å². The van der Waals surface area contributed by atoms with Crippen LogP contribution in [-0.2, 0) is 0 Å². The first kappa shape index (κ1) is 12.7. The third-order valence-corrected chi connectivity index (χ3v) is 4.27. The van der Waals surface area contributed by atoms with Crippen LogP contribution in [-0.4, -0.2) is 32.2 Å². The van der Waals surface area contributed by atoms with Gasteiger partial charge in [0.05, 0.1) is 0 Å². The molecule has 1 aliphatic heterocycles. The van der Waals surface area contributed by atoms with Gasteiger partial charge >= 0.3 is 0 Å². The monoisotopic (exact) mass is 279 g/mol. The SMILES string of the molecule is Cc1c(Cl)nc2ncnn2c1N1CCCCCC1C. The molecular formula is C13H18ClN5. The van der Waals surface area contributed by atoms with Crippen molar-refractivity contribution in [3.8, 4) is 0 Å². The van der Waals surface area contributed by atoms with Gasteiger partial charge in [-0.05, 0) is 26.7 Å². The fraction of sp³-hybridized carbons (Fsp3) is 0.615. The Bertz CT molecular complexity index is 594. The molecule has 0 bridgehead atoms. The number of nitrogens with zero attached hydrogens (tertiary/aromatic N) is 5. The van der Waals surface area contributed by atoms with E-state index < -0.39 is 0 Å². The molecule has 0 radical (unpaired) electrons. The summed E-state index contributed by atoms with van der Waals surface area (Å²) in [5.41, 5.74) is 0.980. The predicted molar refractivity (Wildman–Crippen MR) is 75.8 cm³/mol. The molecule has 1 aliphatic rings. The Morgan fingerprint density at radius 1 is 1.32 bits per heavy atom. The summed E-state index contributed by atoms with van der Waals surface area (Å²) in [7, 11) is 0. The molecule has 1 fully saturated rings. The van der Waals surface area contributed by atoms with E-state index in [-0.39, 0.29) is 0 Å². The van der Waals surface area contributed by atoms with E-state index in [0.29, 0.717) is 17.0 Å². The molecule has 6 heteroatoms. The summed E-state index contributed by atoms with van der Waals surface area (Å²) >= 11 is 6.24. The molecule has 19 heavy (non-hydrogen) atoms. The first-order chi connectivity index (χ1) is 9.18. The molecule has 3 heterocycles. The van der Waals surface area contributed by atoms with E-state index in [1.165, 1.54) is 32.0 Å². The lowest BCUT2D eigenvalue weighted by Crippen LogP contribution is -2.35. The van der Waals surface area contributed by atoms with Gasteiger partial charge in [0.2, 0.25) is 0 Å². The summed E-state index contributed by atoms with van der Waals surface area (Å²) < 4.78 is 1.81. The van der Waals surface area contributed by atoms with Crippen LogP contribution in [0.3, 0.4) is 0 Å². The van der Waals surface area contributed by atoms with E-state index >= 15 is 0 Å². The van der Waals surface area contributed by atoms with Crippen molar-refractivity contribution in [3.63, 3.8) is 0 Å². The van der Waals surface area contributed by atoms with Crippen molar-refractivity contribution in [2.24, 2.45) is 0 Å². The third kappa shape index (κ3) is 2.16. The molecule has 2 aromatic heterocycles. The normalized spacial score (nSPS) is 20.8. The van der Waals surface area contributed by atoms with Crippen LogP contribution in [0.15, 0.2) is 6.33 Å². The average molecular weight is 280 g/mol. The molecule has 0 aliphatic carbocycles. The van der Waals surface area contributed by atoms with Crippen LogP contribution in [0, 0.1) is 6.92 Å². The molecule has 102 valence electrons. The highest BCUT2D eigenvalue weighted by Gasteiger charge is 2.23. The van der Waals surface area contributed by atoms with Gasteiger partial charge in [-0.25, -0.2) is 0 Å². The molecule has 5 nitrogen and oxygen atoms in total. The fourth-order valence-corrected chi connectivity index (χ4v) is 2.97. The number of hydrogen-bond donors (Lipinski definition) is 0. The van der Waals surface area contributed by atoms with Crippen molar-refractivity contribution < 1.29 is 0 Å². The zero-order valence-corrected chi connectivity index (χ0v) is 12.1. The second-order valence-corrected chi connectivity index (χ2v) is 5.57. The lowest BCUT2D eigenvalue weighted by atomic mass is 10.1. The zero-order chi connectivity index (χ0) is 13.4. The summed E-state index contributed by atoms with van der Waals surface area (Å²) in [5, 5.41) is 4.82. The van der Waals surface area contributed by atoms with Crippen LogP contribution < -0.4 is 4.90 Å². The zero-order valence-electron chi connectivity index (χ0n) is 11.3. The van der Waals surface area contributed by atoms with Crippen LogP contribution in [0.25, 0.3) is 5.78 Å². The van der Waals surface area contributed by atoms with Gasteiger partial charge in [0.25, 0.3) is 5.78 Å². The Balaban J connectivity index is 2.16.